The fourth-order valence-corrected chi connectivity index (χ4v) is 5.55. The van der Waals surface area contributed by atoms with E-state index in [4.69, 9.17) is 4.74 Å². The largest absolute Gasteiger partial charge is 0.497 e. The van der Waals surface area contributed by atoms with Crippen LogP contribution in [0, 0.1) is 6.92 Å². The molecule has 200 valence electrons. The zero-order valence-electron chi connectivity index (χ0n) is 22.1. The Hall–Kier alpha value is -4.11. The number of aryl methyl sites for hydroxylation is 2. The van der Waals surface area contributed by atoms with E-state index in [0.717, 1.165) is 41.1 Å². The number of carbonyl (C=O) groups excluding carboxylic acids is 2. The molecule has 1 aliphatic rings. The predicted octanol–water partition coefficient (Wildman–Crippen LogP) is 4.51. The van der Waals surface area contributed by atoms with Crippen LogP contribution in [0.15, 0.2) is 78.0 Å². The predicted molar refractivity (Wildman–Crippen MR) is 152 cm³/mol. The summed E-state index contributed by atoms with van der Waals surface area (Å²) in [5, 5.41) is 12.4. The standard InChI is InChI=1S/C30H31N5O3S/c1-21-7-5-10-24(17-21)35-27(19-31-28(36)18-22-12-14-25(38-2)15-13-22)32-33-30(35)39-20-29(37)34-16-6-9-23-8-3-4-11-26(23)34/h3-5,7-8,10-15,17H,6,9,16,18-20H2,1-2H3,(H,31,36). The van der Waals surface area contributed by atoms with Crippen molar-refractivity contribution in [3.05, 3.63) is 95.3 Å². The Kier molecular flexibility index (Phi) is 8.27. The maximum Gasteiger partial charge on any atom is 0.237 e. The minimum atomic E-state index is -0.118. The molecule has 5 rings (SSSR count). The summed E-state index contributed by atoms with van der Waals surface area (Å²) in [7, 11) is 1.61. The average Bonchev–Trinajstić information content (AvgIpc) is 3.37. The lowest BCUT2D eigenvalue weighted by atomic mass is 10.0. The Labute approximate surface area is 232 Å². The summed E-state index contributed by atoms with van der Waals surface area (Å²) in [5.41, 5.74) is 5.07. The molecule has 4 aromatic rings. The van der Waals surface area contributed by atoms with Gasteiger partial charge in [0.2, 0.25) is 11.8 Å². The molecule has 3 aromatic carbocycles. The van der Waals surface area contributed by atoms with Gasteiger partial charge in [0.25, 0.3) is 0 Å². The van der Waals surface area contributed by atoms with Gasteiger partial charge >= 0.3 is 0 Å². The molecule has 1 N–H and O–H groups in total. The number of methoxy groups -OCH3 is 1. The number of nitrogens with one attached hydrogen (secondary N) is 1. The number of hydrogen-bond acceptors (Lipinski definition) is 6. The fraction of sp³-hybridized carbons (Fsp3) is 0.267. The van der Waals surface area contributed by atoms with Crippen molar-refractivity contribution in [2.45, 2.75) is 37.9 Å². The van der Waals surface area contributed by atoms with E-state index in [9.17, 15) is 9.59 Å². The van der Waals surface area contributed by atoms with Gasteiger partial charge in [0.05, 0.1) is 25.8 Å². The highest BCUT2D eigenvalue weighted by molar-refractivity contribution is 7.99. The Morgan fingerprint density at radius 1 is 1.03 bits per heavy atom. The average molecular weight is 542 g/mol. The number of aromatic nitrogens is 3. The topological polar surface area (TPSA) is 89.3 Å². The first kappa shape index (κ1) is 26.5. The SMILES string of the molecule is COc1ccc(CC(=O)NCc2nnc(SCC(=O)N3CCCc4ccccc43)n2-c2cccc(C)c2)cc1. The minimum Gasteiger partial charge on any atom is -0.497 e. The Balaban J connectivity index is 1.30. The highest BCUT2D eigenvalue weighted by atomic mass is 32.2. The van der Waals surface area contributed by atoms with E-state index < -0.39 is 0 Å². The highest BCUT2D eigenvalue weighted by Crippen LogP contribution is 2.29. The van der Waals surface area contributed by atoms with Crippen LogP contribution in [0.5, 0.6) is 5.75 Å². The van der Waals surface area contributed by atoms with Crippen LogP contribution < -0.4 is 15.0 Å². The molecule has 1 aliphatic heterocycles. The van der Waals surface area contributed by atoms with E-state index in [-0.39, 0.29) is 30.5 Å². The van der Waals surface area contributed by atoms with Crippen LogP contribution in [0.25, 0.3) is 5.69 Å². The van der Waals surface area contributed by atoms with Gasteiger partial charge in [0.1, 0.15) is 5.75 Å². The third-order valence-electron chi connectivity index (χ3n) is 6.66. The number of ether oxygens (including phenoxy) is 1. The molecule has 0 saturated carbocycles. The van der Waals surface area contributed by atoms with E-state index in [0.29, 0.717) is 17.5 Å². The molecule has 0 fully saturated rings. The molecule has 1 aromatic heterocycles. The van der Waals surface area contributed by atoms with Crippen molar-refractivity contribution in [1.82, 2.24) is 20.1 Å². The zero-order valence-corrected chi connectivity index (χ0v) is 22.9. The maximum atomic E-state index is 13.3. The fourth-order valence-electron chi connectivity index (χ4n) is 4.70. The van der Waals surface area contributed by atoms with Crippen LogP contribution in [0.2, 0.25) is 0 Å². The number of para-hydroxylation sites is 1. The molecule has 0 spiro atoms. The van der Waals surface area contributed by atoms with Gasteiger partial charge < -0.3 is 15.0 Å². The van der Waals surface area contributed by atoms with Gasteiger partial charge in [-0.15, -0.1) is 10.2 Å². The molecule has 0 atom stereocenters. The number of hydrogen-bond donors (Lipinski definition) is 1. The zero-order chi connectivity index (χ0) is 27.2. The molecule has 8 nitrogen and oxygen atoms in total. The second kappa shape index (κ2) is 12.2. The quantitative estimate of drug-likeness (QED) is 0.314. The third-order valence-corrected chi connectivity index (χ3v) is 7.58. The maximum absolute atomic E-state index is 13.3. The monoisotopic (exact) mass is 541 g/mol. The number of benzene rings is 3. The number of anilines is 1. The normalized spacial score (nSPS) is 12.6. The van der Waals surface area contributed by atoms with E-state index in [1.807, 2.05) is 83.1 Å². The van der Waals surface area contributed by atoms with Crippen molar-refractivity contribution < 1.29 is 14.3 Å². The molecule has 0 aliphatic carbocycles. The van der Waals surface area contributed by atoms with Gasteiger partial charge in [-0.3, -0.25) is 14.2 Å². The van der Waals surface area contributed by atoms with Crippen LogP contribution in [-0.2, 0) is 29.0 Å². The number of nitrogens with zero attached hydrogens (tertiary/aromatic N) is 4. The lowest BCUT2D eigenvalue weighted by Gasteiger charge is -2.29. The summed E-state index contributed by atoms with van der Waals surface area (Å²) >= 11 is 1.36. The molecule has 0 unspecified atom stereocenters. The summed E-state index contributed by atoms with van der Waals surface area (Å²) in [6.45, 7) is 2.95. The number of amides is 2. The van der Waals surface area contributed by atoms with Crippen molar-refractivity contribution >= 4 is 29.3 Å². The second-order valence-electron chi connectivity index (χ2n) is 9.44. The van der Waals surface area contributed by atoms with Gasteiger partial charge in [-0.2, -0.15) is 0 Å². The minimum absolute atomic E-state index is 0.0419. The highest BCUT2D eigenvalue weighted by Gasteiger charge is 2.24. The van der Waals surface area contributed by atoms with Crippen molar-refractivity contribution in [1.29, 1.82) is 0 Å². The van der Waals surface area contributed by atoms with E-state index in [2.05, 4.69) is 21.6 Å². The van der Waals surface area contributed by atoms with Gasteiger partial charge in [0, 0.05) is 17.9 Å². The molecule has 0 saturated heterocycles. The van der Waals surface area contributed by atoms with Crippen molar-refractivity contribution in [2.75, 3.05) is 24.3 Å². The lowest BCUT2D eigenvalue weighted by molar-refractivity contribution is -0.120. The van der Waals surface area contributed by atoms with Gasteiger partial charge in [0.15, 0.2) is 11.0 Å². The Bertz CT molecular complexity index is 1470. The van der Waals surface area contributed by atoms with Gasteiger partial charge in [-0.05, 0) is 66.8 Å². The van der Waals surface area contributed by atoms with Gasteiger partial charge in [-0.25, -0.2) is 0 Å². The molecule has 0 bridgehead atoms. The number of thioether (sulfide) groups is 1. The second-order valence-corrected chi connectivity index (χ2v) is 10.4. The van der Waals surface area contributed by atoms with Crippen molar-refractivity contribution in [3.8, 4) is 11.4 Å². The summed E-state index contributed by atoms with van der Waals surface area (Å²) in [5.74, 6) is 1.51. The summed E-state index contributed by atoms with van der Waals surface area (Å²) in [4.78, 5) is 27.8. The summed E-state index contributed by atoms with van der Waals surface area (Å²) in [6, 6.07) is 23.5. The first-order valence-electron chi connectivity index (χ1n) is 12.9. The van der Waals surface area contributed by atoms with Crippen molar-refractivity contribution in [2.24, 2.45) is 0 Å². The van der Waals surface area contributed by atoms with E-state index >= 15 is 0 Å². The van der Waals surface area contributed by atoms with Crippen LogP contribution >= 0.6 is 11.8 Å². The van der Waals surface area contributed by atoms with Crippen LogP contribution in [0.1, 0.15) is 28.9 Å². The van der Waals surface area contributed by atoms with Crippen LogP contribution in [0.4, 0.5) is 5.69 Å². The van der Waals surface area contributed by atoms with Gasteiger partial charge in [-0.1, -0.05) is 54.2 Å². The van der Waals surface area contributed by atoms with Crippen molar-refractivity contribution in [3.63, 3.8) is 0 Å². The molecular weight excluding hydrogens is 510 g/mol. The number of fused-ring (bicyclic) bond motifs is 1. The smallest absolute Gasteiger partial charge is 0.237 e. The Morgan fingerprint density at radius 3 is 2.64 bits per heavy atom. The first-order chi connectivity index (χ1) is 19.0. The molecule has 39 heavy (non-hydrogen) atoms. The number of carbonyl (C=O) groups is 2. The molecule has 0 radical (unpaired) electrons. The van der Waals surface area contributed by atoms with Crippen LogP contribution in [0.3, 0.4) is 0 Å². The van der Waals surface area contributed by atoms with Crippen LogP contribution in [-0.4, -0.2) is 46.0 Å². The molecule has 9 heteroatoms. The molecule has 2 amide bonds. The lowest BCUT2D eigenvalue weighted by Crippen LogP contribution is -2.36. The molecular formula is C30H31N5O3S. The first-order valence-corrected chi connectivity index (χ1v) is 13.9. The van der Waals surface area contributed by atoms with E-state index in [1.54, 1.807) is 7.11 Å². The molecule has 2 heterocycles. The summed E-state index contributed by atoms with van der Waals surface area (Å²) < 4.78 is 7.11. The summed E-state index contributed by atoms with van der Waals surface area (Å²) in [6.07, 6.45) is 2.19. The third kappa shape index (κ3) is 6.31. The Morgan fingerprint density at radius 2 is 1.85 bits per heavy atom. The number of rotatable bonds is 9. The van der Waals surface area contributed by atoms with E-state index in [1.165, 1.54) is 17.3 Å².